The van der Waals surface area contributed by atoms with Crippen LogP contribution in [0.4, 0.5) is 5.82 Å². The van der Waals surface area contributed by atoms with Crippen molar-refractivity contribution in [1.82, 2.24) is 9.97 Å². The first-order chi connectivity index (χ1) is 16.1. The van der Waals surface area contributed by atoms with Gasteiger partial charge >= 0.3 is 5.97 Å². The van der Waals surface area contributed by atoms with Crippen LogP contribution in [0.15, 0.2) is 91.0 Å². The number of carboxylic acid groups (broad SMARTS) is 1. The molecule has 0 saturated heterocycles. The van der Waals surface area contributed by atoms with Crippen molar-refractivity contribution in [3.8, 4) is 17.0 Å². The Morgan fingerprint density at radius 1 is 0.909 bits per heavy atom. The van der Waals surface area contributed by atoms with Crippen LogP contribution >= 0.6 is 11.6 Å². The van der Waals surface area contributed by atoms with Crippen molar-refractivity contribution in [2.24, 2.45) is 0 Å². The number of halogens is 1. The molecule has 1 atom stereocenters. The molecule has 4 rings (SSSR count). The molecule has 1 aromatic heterocycles. The van der Waals surface area contributed by atoms with Crippen molar-refractivity contribution in [2.75, 3.05) is 5.32 Å². The number of nitrogens with zero attached hydrogens (tertiary/aromatic N) is 2. The molecule has 0 radical (unpaired) electrons. The number of nitrogens with one attached hydrogen (secondary N) is 1. The van der Waals surface area contributed by atoms with Crippen molar-refractivity contribution < 1.29 is 14.6 Å². The summed E-state index contributed by atoms with van der Waals surface area (Å²) in [5.41, 5.74) is 3.38. The van der Waals surface area contributed by atoms with E-state index in [9.17, 15) is 9.90 Å². The van der Waals surface area contributed by atoms with E-state index in [1.165, 1.54) is 0 Å². The van der Waals surface area contributed by atoms with E-state index >= 15 is 0 Å². The van der Waals surface area contributed by atoms with Crippen LogP contribution in [0.5, 0.6) is 5.75 Å². The molecule has 166 valence electrons. The third kappa shape index (κ3) is 6.30. The number of ether oxygens (including phenoxy) is 1. The predicted octanol–water partition coefficient (Wildman–Crippen LogP) is 5.48. The van der Waals surface area contributed by atoms with Gasteiger partial charge in [0.25, 0.3) is 0 Å². The molecule has 0 fully saturated rings. The topological polar surface area (TPSA) is 84.3 Å². The summed E-state index contributed by atoms with van der Waals surface area (Å²) in [5.74, 6) is 0.0997. The molecule has 2 N–H and O–H groups in total. The standard InChI is InChI=1S/C26H22ClN3O3/c27-26-29-22(20-11-13-21(14-12-20)33-17-19-9-5-2-6-10-19)16-24(30-26)28-23(25(31)32)15-18-7-3-1-4-8-18/h1-14,16,23H,15,17H2,(H,31,32)(H,28,29,30). The Kier molecular flexibility index (Phi) is 7.17. The van der Waals surface area contributed by atoms with E-state index < -0.39 is 12.0 Å². The predicted molar refractivity (Wildman–Crippen MR) is 128 cm³/mol. The summed E-state index contributed by atoms with van der Waals surface area (Å²) in [6, 6.07) is 27.6. The first kappa shape index (κ1) is 22.3. The van der Waals surface area contributed by atoms with Crippen molar-refractivity contribution in [1.29, 1.82) is 0 Å². The zero-order valence-corrected chi connectivity index (χ0v) is 18.4. The van der Waals surface area contributed by atoms with Crippen LogP contribution in [0.1, 0.15) is 11.1 Å². The van der Waals surface area contributed by atoms with Crippen LogP contribution < -0.4 is 10.1 Å². The fraction of sp³-hybridized carbons (Fsp3) is 0.115. The first-order valence-corrected chi connectivity index (χ1v) is 10.8. The molecule has 6 nitrogen and oxygen atoms in total. The fourth-order valence-corrected chi connectivity index (χ4v) is 3.51. The molecule has 0 spiro atoms. The third-order valence-corrected chi connectivity index (χ3v) is 5.17. The lowest BCUT2D eigenvalue weighted by Gasteiger charge is -2.16. The maximum Gasteiger partial charge on any atom is 0.326 e. The highest BCUT2D eigenvalue weighted by atomic mass is 35.5. The van der Waals surface area contributed by atoms with Gasteiger partial charge < -0.3 is 15.2 Å². The van der Waals surface area contributed by atoms with Crippen molar-refractivity contribution in [3.63, 3.8) is 0 Å². The van der Waals surface area contributed by atoms with Crippen LogP contribution in [0.2, 0.25) is 5.28 Å². The minimum atomic E-state index is -0.977. The SMILES string of the molecule is O=C(O)C(Cc1ccccc1)Nc1cc(-c2ccc(OCc3ccccc3)cc2)nc(Cl)n1. The third-order valence-electron chi connectivity index (χ3n) is 5.00. The Morgan fingerprint density at radius 2 is 1.55 bits per heavy atom. The van der Waals surface area contributed by atoms with E-state index in [4.69, 9.17) is 16.3 Å². The molecule has 4 aromatic rings. The summed E-state index contributed by atoms with van der Waals surface area (Å²) < 4.78 is 5.83. The van der Waals surface area contributed by atoms with Crippen molar-refractivity contribution in [3.05, 3.63) is 107 Å². The summed E-state index contributed by atoms with van der Waals surface area (Å²) in [4.78, 5) is 20.2. The Balaban J connectivity index is 1.47. The number of hydrogen-bond acceptors (Lipinski definition) is 5. The molecule has 1 unspecified atom stereocenters. The summed E-state index contributed by atoms with van der Waals surface area (Å²) in [6.45, 7) is 0.478. The number of aromatic nitrogens is 2. The van der Waals surface area contributed by atoms with Gasteiger partial charge in [-0.15, -0.1) is 0 Å². The van der Waals surface area contributed by atoms with Gasteiger partial charge in [-0.25, -0.2) is 14.8 Å². The van der Waals surface area contributed by atoms with Gasteiger partial charge in [0.05, 0.1) is 5.69 Å². The van der Waals surface area contributed by atoms with Crippen molar-refractivity contribution in [2.45, 2.75) is 19.1 Å². The van der Waals surface area contributed by atoms with E-state index in [1.54, 1.807) is 6.07 Å². The quantitative estimate of drug-likeness (QED) is 0.322. The zero-order valence-electron chi connectivity index (χ0n) is 17.7. The summed E-state index contributed by atoms with van der Waals surface area (Å²) in [7, 11) is 0. The molecule has 33 heavy (non-hydrogen) atoms. The number of benzene rings is 3. The minimum Gasteiger partial charge on any atom is -0.489 e. The van der Waals surface area contributed by atoms with E-state index in [-0.39, 0.29) is 5.28 Å². The maximum absolute atomic E-state index is 11.8. The monoisotopic (exact) mass is 459 g/mol. The fourth-order valence-electron chi connectivity index (χ4n) is 3.33. The number of aliphatic carboxylic acids is 1. The minimum absolute atomic E-state index is 0.0308. The van der Waals surface area contributed by atoms with Crippen LogP contribution in [-0.4, -0.2) is 27.1 Å². The van der Waals surface area contributed by atoms with Crippen LogP contribution in [0.25, 0.3) is 11.3 Å². The molecule has 0 saturated carbocycles. The van der Waals surface area contributed by atoms with Gasteiger partial charge in [0.2, 0.25) is 5.28 Å². The Hall–Kier alpha value is -3.90. The number of rotatable bonds is 9. The lowest BCUT2D eigenvalue weighted by molar-refractivity contribution is -0.137. The molecule has 7 heteroatoms. The molecular weight excluding hydrogens is 438 g/mol. The second-order valence-corrected chi connectivity index (χ2v) is 7.77. The number of carbonyl (C=O) groups is 1. The highest BCUT2D eigenvalue weighted by Crippen LogP contribution is 2.25. The Labute approximate surface area is 196 Å². The second-order valence-electron chi connectivity index (χ2n) is 7.43. The van der Waals surface area contributed by atoms with E-state index in [2.05, 4.69) is 15.3 Å². The second kappa shape index (κ2) is 10.6. The summed E-state index contributed by atoms with van der Waals surface area (Å²) in [5, 5.41) is 12.7. The van der Waals surface area contributed by atoms with Gasteiger partial charge in [0.1, 0.15) is 24.2 Å². The van der Waals surface area contributed by atoms with Crippen LogP contribution in [0.3, 0.4) is 0 Å². The zero-order chi connectivity index (χ0) is 23.0. The lowest BCUT2D eigenvalue weighted by atomic mass is 10.1. The molecule has 0 aliphatic heterocycles. The first-order valence-electron chi connectivity index (χ1n) is 10.4. The average Bonchev–Trinajstić information content (AvgIpc) is 2.83. The maximum atomic E-state index is 11.8. The number of anilines is 1. The Morgan fingerprint density at radius 3 is 2.18 bits per heavy atom. The van der Waals surface area contributed by atoms with Gasteiger partial charge in [-0.1, -0.05) is 60.7 Å². The lowest BCUT2D eigenvalue weighted by Crippen LogP contribution is -2.32. The Bertz CT molecular complexity index is 1200. The van der Waals surface area contributed by atoms with Gasteiger partial charge in [-0.3, -0.25) is 0 Å². The largest absolute Gasteiger partial charge is 0.489 e. The molecule has 1 heterocycles. The van der Waals surface area contributed by atoms with E-state index in [0.717, 1.165) is 22.4 Å². The van der Waals surface area contributed by atoms with E-state index in [1.807, 2.05) is 84.9 Å². The summed E-state index contributed by atoms with van der Waals surface area (Å²) >= 11 is 6.14. The van der Waals surface area contributed by atoms with Gasteiger partial charge in [0, 0.05) is 18.1 Å². The van der Waals surface area contributed by atoms with Crippen molar-refractivity contribution >= 4 is 23.4 Å². The molecule has 0 aliphatic carbocycles. The normalized spacial score (nSPS) is 11.5. The molecular formula is C26H22ClN3O3. The molecule has 0 amide bonds. The highest BCUT2D eigenvalue weighted by molar-refractivity contribution is 6.28. The van der Waals surface area contributed by atoms with Crippen LogP contribution in [-0.2, 0) is 17.8 Å². The smallest absolute Gasteiger partial charge is 0.326 e. The highest BCUT2D eigenvalue weighted by Gasteiger charge is 2.19. The van der Waals surface area contributed by atoms with E-state index in [0.29, 0.717) is 24.5 Å². The number of hydrogen-bond donors (Lipinski definition) is 2. The summed E-state index contributed by atoms with van der Waals surface area (Å²) in [6.07, 6.45) is 0.306. The molecule has 0 aliphatic rings. The average molecular weight is 460 g/mol. The molecule has 3 aromatic carbocycles. The van der Waals surface area contributed by atoms with Crippen LogP contribution in [0, 0.1) is 0 Å². The molecule has 0 bridgehead atoms. The van der Waals surface area contributed by atoms with Gasteiger partial charge in [-0.05, 0) is 47.0 Å². The van der Waals surface area contributed by atoms with Gasteiger partial charge in [0.15, 0.2) is 0 Å². The number of carboxylic acids is 1. The van der Waals surface area contributed by atoms with Gasteiger partial charge in [-0.2, -0.15) is 0 Å².